The molecule has 0 saturated carbocycles. The summed E-state index contributed by atoms with van der Waals surface area (Å²) in [6.07, 6.45) is -1.58. The third kappa shape index (κ3) is 3.98. The zero-order valence-corrected chi connectivity index (χ0v) is 15.5. The van der Waals surface area contributed by atoms with Gasteiger partial charge < -0.3 is 14.2 Å². The monoisotopic (exact) mass is 363 g/mol. The number of ether oxygens (including phenoxy) is 3. The minimum absolute atomic E-state index is 0.157. The Morgan fingerprint density at radius 2 is 1.73 bits per heavy atom. The number of carbonyl (C=O) groups is 3. The topological polar surface area (TPSA) is 82.1 Å². The van der Waals surface area contributed by atoms with Gasteiger partial charge in [0, 0.05) is 0 Å². The largest absolute Gasteiger partial charge is 0.464 e. The van der Waals surface area contributed by atoms with Gasteiger partial charge in [-0.05, 0) is 25.3 Å². The minimum atomic E-state index is -1.05. The lowest BCUT2D eigenvalue weighted by Gasteiger charge is -2.31. The van der Waals surface area contributed by atoms with Crippen LogP contribution in [0.25, 0.3) is 0 Å². The molecular formula is C19H25NO6. The molecule has 1 saturated heterocycles. The number of hydrogen-bond acceptors (Lipinski definition) is 6. The SMILES string of the molecule is CCOC(=O)C(C(C)C)N1C(=O)O[C@H](c2ccccc2)[C@H]1C(=O)OCC. The van der Waals surface area contributed by atoms with Crippen molar-refractivity contribution in [3.63, 3.8) is 0 Å². The van der Waals surface area contributed by atoms with Gasteiger partial charge in [0.2, 0.25) is 0 Å². The van der Waals surface area contributed by atoms with Crippen molar-refractivity contribution in [1.82, 2.24) is 4.90 Å². The molecule has 1 aliphatic heterocycles. The highest BCUT2D eigenvalue weighted by Gasteiger charge is 2.53. The molecule has 0 radical (unpaired) electrons. The number of cyclic esters (lactones) is 1. The summed E-state index contributed by atoms with van der Waals surface area (Å²) in [4.78, 5) is 38.9. The molecule has 1 heterocycles. The lowest BCUT2D eigenvalue weighted by Crippen LogP contribution is -2.53. The van der Waals surface area contributed by atoms with Crippen LogP contribution in [0.3, 0.4) is 0 Å². The number of esters is 2. The summed E-state index contributed by atoms with van der Waals surface area (Å²) >= 11 is 0. The molecule has 1 aromatic carbocycles. The number of rotatable bonds is 7. The summed E-state index contributed by atoms with van der Waals surface area (Å²) in [5, 5.41) is 0. The van der Waals surface area contributed by atoms with Crippen LogP contribution in [0.1, 0.15) is 39.4 Å². The maximum atomic E-state index is 12.6. The Kier molecular flexibility index (Phi) is 6.60. The van der Waals surface area contributed by atoms with Gasteiger partial charge in [0.15, 0.2) is 12.1 Å². The van der Waals surface area contributed by atoms with E-state index in [1.807, 2.05) is 6.07 Å². The summed E-state index contributed by atoms with van der Waals surface area (Å²) in [6, 6.07) is 6.95. The van der Waals surface area contributed by atoms with Gasteiger partial charge in [-0.1, -0.05) is 44.2 Å². The van der Waals surface area contributed by atoms with Gasteiger partial charge >= 0.3 is 18.0 Å². The zero-order chi connectivity index (χ0) is 19.3. The average Bonchev–Trinajstić information content (AvgIpc) is 2.93. The van der Waals surface area contributed by atoms with Crippen LogP contribution < -0.4 is 0 Å². The summed E-state index contributed by atoms with van der Waals surface area (Å²) in [7, 11) is 0. The third-order valence-corrected chi connectivity index (χ3v) is 4.14. The van der Waals surface area contributed by atoms with Gasteiger partial charge in [0.1, 0.15) is 6.04 Å². The fraction of sp³-hybridized carbons (Fsp3) is 0.526. The van der Waals surface area contributed by atoms with Crippen molar-refractivity contribution in [3.05, 3.63) is 35.9 Å². The van der Waals surface area contributed by atoms with Crippen molar-refractivity contribution in [3.8, 4) is 0 Å². The van der Waals surface area contributed by atoms with Crippen LogP contribution in [-0.4, -0.2) is 48.2 Å². The number of hydrogen-bond donors (Lipinski definition) is 0. The van der Waals surface area contributed by atoms with Gasteiger partial charge in [-0.2, -0.15) is 0 Å². The molecule has 26 heavy (non-hydrogen) atoms. The van der Waals surface area contributed by atoms with Gasteiger partial charge in [0.05, 0.1) is 13.2 Å². The van der Waals surface area contributed by atoms with Gasteiger partial charge in [-0.25, -0.2) is 14.4 Å². The summed E-state index contributed by atoms with van der Waals surface area (Å²) in [6.45, 7) is 7.28. The Bertz CT molecular complexity index is 645. The second-order valence-electron chi connectivity index (χ2n) is 6.26. The molecule has 3 atom stereocenters. The second kappa shape index (κ2) is 8.69. The van der Waals surface area contributed by atoms with E-state index in [4.69, 9.17) is 14.2 Å². The standard InChI is InChI=1S/C19H25NO6/c1-5-24-17(21)14(12(3)4)20-15(18(22)25-6-2)16(26-19(20)23)13-10-8-7-9-11-13/h7-12,14-16H,5-6H2,1-4H3/t14?,15-,16+/m0/s1. The van der Waals surface area contributed by atoms with E-state index >= 15 is 0 Å². The van der Waals surface area contributed by atoms with E-state index in [-0.39, 0.29) is 19.1 Å². The zero-order valence-electron chi connectivity index (χ0n) is 15.5. The van der Waals surface area contributed by atoms with Crippen LogP contribution in [0.4, 0.5) is 4.79 Å². The molecule has 0 aliphatic carbocycles. The number of benzene rings is 1. The molecule has 0 N–H and O–H groups in total. The first-order valence-electron chi connectivity index (χ1n) is 8.79. The van der Waals surface area contributed by atoms with Crippen LogP contribution in [0.15, 0.2) is 30.3 Å². The van der Waals surface area contributed by atoms with Crippen LogP contribution in [0.5, 0.6) is 0 Å². The van der Waals surface area contributed by atoms with Crippen molar-refractivity contribution in [2.24, 2.45) is 5.92 Å². The number of amides is 1. The lowest BCUT2D eigenvalue weighted by atomic mass is 9.97. The number of nitrogens with zero attached hydrogens (tertiary/aromatic N) is 1. The Labute approximate surface area is 153 Å². The fourth-order valence-corrected chi connectivity index (χ4v) is 3.07. The molecule has 1 amide bonds. The smallest absolute Gasteiger partial charge is 0.412 e. The number of carbonyl (C=O) groups excluding carboxylic acids is 3. The highest BCUT2D eigenvalue weighted by molar-refractivity contribution is 5.90. The van der Waals surface area contributed by atoms with Crippen molar-refractivity contribution >= 4 is 18.0 Å². The van der Waals surface area contributed by atoms with Crippen molar-refractivity contribution in [1.29, 1.82) is 0 Å². The maximum absolute atomic E-state index is 12.6. The van der Waals surface area contributed by atoms with E-state index in [1.54, 1.807) is 52.0 Å². The quantitative estimate of drug-likeness (QED) is 0.547. The Morgan fingerprint density at radius 1 is 1.12 bits per heavy atom. The van der Waals surface area contributed by atoms with Crippen molar-refractivity contribution in [2.45, 2.75) is 45.9 Å². The predicted molar refractivity (Wildman–Crippen MR) is 93.2 cm³/mol. The molecule has 0 bridgehead atoms. The molecule has 142 valence electrons. The van der Waals surface area contributed by atoms with E-state index in [0.29, 0.717) is 5.56 Å². The molecule has 0 aromatic heterocycles. The molecule has 0 spiro atoms. The first-order chi connectivity index (χ1) is 12.4. The lowest BCUT2D eigenvalue weighted by molar-refractivity contribution is -0.155. The normalized spacial score (nSPS) is 20.7. The summed E-state index contributed by atoms with van der Waals surface area (Å²) in [5.74, 6) is -1.45. The predicted octanol–water partition coefficient (Wildman–Crippen LogP) is 2.70. The van der Waals surface area contributed by atoms with E-state index in [9.17, 15) is 14.4 Å². The van der Waals surface area contributed by atoms with Crippen LogP contribution >= 0.6 is 0 Å². The summed E-state index contributed by atoms with van der Waals surface area (Å²) < 4.78 is 15.8. The Balaban J connectivity index is 2.45. The molecular weight excluding hydrogens is 338 g/mol. The molecule has 1 aliphatic rings. The van der Waals surface area contributed by atoms with Gasteiger partial charge in [-0.15, -0.1) is 0 Å². The highest BCUT2D eigenvalue weighted by atomic mass is 16.6. The molecule has 1 unspecified atom stereocenters. The van der Waals surface area contributed by atoms with Gasteiger partial charge in [0.25, 0.3) is 0 Å². The summed E-state index contributed by atoms with van der Waals surface area (Å²) in [5.41, 5.74) is 0.660. The van der Waals surface area contributed by atoms with E-state index in [0.717, 1.165) is 0 Å². The second-order valence-corrected chi connectivity index (χ2v) is 6.26. The molecule has 2 rings (SSSR count). The minimum Gasteiger partial charge on any atom is -0.464 e. The van der Waals surface area contributed by atoms with Gasteiger partial charge in [-0.3, -0.25) is 4.90 Å². The molecule has 7 nitrogen and oxygen atoms in total. The van der Waals surface area contributed by atoms with E-state index < -0.39 is 36.2 Å². The molecule has 1 aromatic rings. The van der Waals surface area contributed by atoms with E-state index in [1.165, 1.54) is 4.90 Å². The van der Waals surface area contributed by atoms with Crippen LogP contribution in [0.2, 0.25) is 0 Å². The van der Waals surface area contributed by atoms with Crippen molar-refractivity contribution in [2.75, 3.05) is 13.2 Å². The fourth-order valence-electron chi connectivity index (χ4n) is 3.07. The molecule has 1 fully saturated rings. The first-order valence-corrected chi connectivity index (χ1v) is 8.79. The molecule has 7 heteroatoms. The van der Waals surface area contributed by atoms with E-state index in [2.05, 4.69) is 0 Å². The Morgan fingerprint density at radius 3 is 2.27 bits per heavy atom. The first kappa shape index (κ1) is 19.8. The maximum Gasteiger partial charge on any atom is 0.412 e. The Hall–Kier alpha value is -2.57. The average molecular weight is 363 g/mol. The van der Waals surface area contributed by atoms with Crippen molar-refractivity contribution < 1.29 is 28.6 Å². The van der Waals surface area contributed by atoms with Crippen LogP contribution in [0, 0.1) is 5.92 Å². The van der Waals surface area contributed by atoms with Crippen LogP contribution in [-0.2, 0) is 23.8 Å². The highest BCUT2D eigenvalue weighted by Crippen LogP contribution is 2.36. The third-order valence-electron chi connectivity index (χ3n) is 4.14.